The van der Waals surface area contributed by atoms with Gasteiger partial charge in [-0.15, -0.1) is 5.10 Å². The molecule has 1 aromatic carbocycles. The van der Waals surface area contributed by atoms with Crippen molar-refractivity contribution in [2.45, 2.75) is 12.2 Å². The highest BCUT2D eigenvalue weighted by molar-refractivity contribution is 8.15. The molecule has 7 heteroatoms. The molecule has 0 aliphatic carbocycles. The Morgan fingerprint density at radius 2 is 2.05 bits per heavy atom. The molecule has 106 valence electrons. The largest absolute Gasteiger partial charge is 0.493 e. The molecule has 0 bridgehead atoms. The number of ether oxygens (including phenoxy) is 2. The average Bonchev–Trinajstić information content (AvgIpc) is 2.77. The van der Waals surface area contributed by atoms with Crippen LogP contribution in [0.2, 0.25) is 0 Å². The predicted molar refractivity (Wildman–Crippen MR) is 79.8 cm³/mol. The highest BCUT2D eigenvalue weighted by atomic mass is 32.2. The van der Waals surface area contributed by atoms with Crippen LogP contribution in [-0.2, 0) is 4.79 Å². The SMILES string of the molecule is COc1ccc(/C=N/N=C2/NC(=O)C(C)S2)cc1OC. The van der Waals surface area contributed by atoms with E-state index in [1.54, 1.807) is 32.6 Å². The van der Waals surface area contributed by atoms with Gasteiger partial charge in [0.15, 0.2) is 16.7 Å². The molecule has 0 saturated carbocycles. The number of methoxy groups -OCH3 is 2. The van der Waals surface area contributed by atoms with Crippen LogP contribution in [0.25, 0.3) is 0 Å². The molecule has 1 amide bonds. The molecule has 6 nitrogen and oxygen atoms in total. The van der Waals surface area contributed by atoms with Gasteiger partial charge in [0.05, 0.1) is 25.7 Å². The Morgan fingerprint density at radius 1 is 1.30 bits per heavy atom. The van der Waals surface area contributed by atoms with Crippen molar-refractivity contribution in [1.82, 2.24) is 5.32 Å². The third-order valence-electron chi connectivity index (χ3n) is 2.65. The van der Waals surface area contributed by atoms with E-state index in [9.17, 15) is 4.79 Å². The maximum atomic E-state index is 11.3. The first kappa shape index (κ1) is 14.4. The Balaban J connectivity index is 2.08. The van der Waals surface area contributed by atoms with E-state index >= 15 is 0 Å². The number of nitrogens with one attached hydrogen (secondary N) is 1. The lowest BCUT2D eigenvalue weighted by Gasteiger charge is -2.07. The van der Waals surface area contributed by atoms with E-state index in [0.717, 1.165) is 5.56 Å². The number of hydrogen-bond donors (Lipinski definition) is 1. The van der Waals surface area contributed by atoms with Gasteiger partial charge in [-0.3, -0.25) is 4.79 Å². The number of rotatable bonds is 4. The van der Waals surface area contributed by atoms with Gasteiger partial charge in [-0.05, 0) is 30.7 Å². The second kappa shape index (κ2) is 6.42. The van der Waals surface area contributed by atoms with E-state index in [1.807, 2.05) is 13.0 Å². The number of carbonyl (C=O) groups is 1. The summed E-state index contributed by atoms with van der Waals surface area (Å²) >= 11 is 1.35. The lowest BCUT2D eigenvalue weighted by Crippen LogP contribution is -2.23. The molecule has 1 saturated heterocycles. The van der Waals surface area contributed by atoms with Crippen LogP contribution in [-0.4, -0.2) is 36.8 Å². The number of hydrogen-bond acceptors (Lipinski definition) is 6. The van der Waals surface area contributed by atoms with Gasteiger partial charge in [0.25, 0.3) is 0 Å². The summed E-state index contributed by atoms with van der Waals surface area (Å²) in [6, 6.07) is 5.43. The van der Waals surface area contributed by atoms with Crippen molar-refractivity contribution in [3.8, 4) is 11.5 Å². The molecule has 0 radical (unpaired) electrons. The van der Waals surface area contributed by atoms with Crippen LogP contribution in [0, 0.1) is 0 Å². The molecule has 20 heavy (non-hydrogen) atoms. The highest BCUT2D eigenvalue weighted by Crippen LogP contribution is 2.26. The average molecular weight is 293 g/mol. The summed E-state index contributed by atoms with van der Waals surface area (Å²) in [5.74, 6) is 1.24. The number of nitrogens with zero attached hydrogens (tertiary/aromatic N) is 2. The molecule has 1 N–H and O–H groups in total. The van der Waals surface area contributed by atoms with Gasteiger partial charge in [0.2, 0.25) is 5.91 Å². The molecule has 1 unspecified atom stereocenters. The highest BCUT2D eigenvalue weighted by Gasteiger charge is 2.25. The first-order valence-corrected chi connectivity index (χ1v) is 6.82. The molecule has 1 atom stereocenters. The number of amides is 1. The summed E-state index contributed by atoms with van der Waals surface area (Å²) in [6.45, 7) is 1.82. The molecule has 2 rings (SSSR count). The van der Waals surface area contributed by atoms with E-state index in [0.29, 0.717) is 16.7 Å². The molecule has 0 aromatic heterocycles. The molecular formula is C13H15N3O3S. The first-order chi connectivity index (χ1) is 9.63. The van der Waals surface area contributed by atoms with Gasteiger partial charge >= 0.3 is 0 Å². The molecular weight excluding hydrogens is 278 g/mol. The van der Waals surface area contributed by atoms with Gasteiger partial charge in [-0.2, -0.15) is 5.10 Å². The van der Waals surface area contributed by atoms with Crippen molar-refractivity contribution in [3.63, 3.8) is 0 Å². The standard InChI is InChI=1S/C13H15N3O3S/c1-8-12(17)15-13(20-8)16-14-7-9-4-5-10(18-2)11(6-9)19-3/h4-8H,1-3H3,(H,15,16,17)/b14-7+. The fraction of sp³-hybridized carbons (Fsp3) is 0.308. The Labute approximate surface area is 121 Å². The fourth-order valence-corrected chi connectivity index (χ4v) is 2.34. The van der Waals surface area contributed by atoms with Crippen molar-refractivity contribution < 1.29 is 14.3 Å². The van der Waals surface area contributed by atoms with Crippen molar-refractivity contribution in [2.24, 2.45) is 10.2 Å². The third kappa shape index (κ3) is 3.30. The van der Waals surface area contributed by atoms with Gasteiger partial charge in [0, 0.05) is 0 Å². The predicted octanol–water partition coefficient (Wildman–Crippen LogP) is 1.65. The minimum absolute atomic E-state index is 0.0462. The van der Waals surface area contributed by atoms with E-state index in [2.05, 4.69) is 15.5 Å². The lowest BCUT2D eigenvalue weighted by molar-refractivity contribution is -0.118. The van der Waals surface area contributed by atoms with E-state index < -0.39 is 0 Å². The number of amidine groups is 1. The molecule has 1 fully saturated rings. The van der Waals surface area contributed by atoms with Crippen molar-refractivity contribution in [1.29, 1.82) is 0 Å². The number of carbonyl (C=O) groups excluding carboxylic acids is 1. The molecule has 1 heterocycles. The zero-order valence-corrected chi connectivity index (χ0v) is 12.2. The smallest absolute Gasteiger partial charge is 0.239 e. The molecule has 1 aliphatic rings. The summed E-state index contributed by atoms with van der Waals surface area (Å²) in [6.07, 6.45) is 1.59. The topological polar surface area (TPSA) is 72.3 Å². The first-order valence-electron chi connectivity index (χ1n) is 5.94. The van der Waals surface area contributed by atoms with Crippen LogP contribution in [0.4, 0.5) is 0 Å². The Kier molecular flexibility index (Phi) is 4.62. The van der Waals surface area contributed by atoms with Crippen LogP contribution in [0.3, 0.4) is 0 Å². The summed E-state index contributed by atoms with van der Waals surface area (Å²) in [4.78, 5) is 11.3. The van der Waals surface area contributed by atoms with Gasteiger partial charge < -0.3 is 14.8 Å². The third-order valence-corrected chi connectivity index (χ3v) is 3.63. The number of benzene rings is 1. The monoisotopic (exact) mass is 293 g/mol. The van der Waals surface area contributed by atoms with Crippen LogP contribution in [0.15, 0.2) is 28.4 Å². The van der Waals surface area contributed by atoms with Gasteiger partial charge in [-0.25, -0.2) is 0 Å². The zero-order valence-electron chi connectivity index (χ0n) is 11.4. The maximum Gasteiger partial charge on any atom is 0.239 e. The van der Waals surface area contributed by atoms with E-state index in [1.165, 1.54) is 11.8 Å². The summed E-state index contributed by atoms with van der Waals surface area (Å²) in [5.41, 5.74) is 0.828. The van der Waals surface area contributed by atoms with E-state index in [4.69, 9.17) is 9.47 Å². The summed E-state index contributed by atoms with van der Waals surface area (Å²) < 4.78 is 10.4. The quantitative estimate of drug-likeness (QED) is 0.676. The maximum absolute atomic E-state index is 11.3. The normalized spacial score (nSPS) is 20.4. The molecule has 1 aromatic rings. The van der Waals surface area contributed by atoms with Crippen LogP contribution >= 0.6 is 11.8 Å². The second-order valence-electron chi connectivity index (χ2n) is 4.01. The minimum Gasteiger partial charge on any atom is -0.493 e. The second-order valence-corrected chi connectivity index (χ2v) is 5.34. The summed E-state index contributed by atoms with van der Waals surface area (Å²) in [5, 5.41) is 11.0. The number of thioether (sulfide) groups is 1. The molecule has 0 spiro atoms. The van der Waals surface area contributed by atoms with Crippen molar-refractivity contribution in [2.75, 3.05) is 14.2 Å². The van der Waals surface area contributed by atoms with Crippen molar-refractivity contribution in [3.05, 3.63) is 23.8 Å². The zero-order chi connectivity index (χ0) is 14.5. The van der Waals surface area contributed by atoms with Crippen LogP contribution in [0.1, 0.15) is 12.5 Å². The van der Waals surface area contributed by atoms with E-state index in [-0.39, 0.29) is 11.2 Å². The Hall–Kier alpha value is -2.02. The lowest BCUT2D eigenvalue weighted by atomic mass is 10.2. The van der Waals surface area contributed by atoms with Crippen molar-refractivity contribution >= 4 is 29.1 Å². The summed E-state index contributed by atoms with van der Waals surface area (Å²) in [7, 11) is 3.16. The van der Waals surface area contributed by atoms with Crippen LogP contribution < -0.4 is 14.8 Å². The van der Waals surface area contributed by atoms with Crippen LogP contribution in [0.5, 0.6) is 11.5 Å². The Morgan fingerprint density at radius 3 is 2.65 bits per heavy atom. The van der Waals surface area contributed by atoms with Gasteiger partial charge in [0.1, 0.15) is 0 Å². The Bertz CT molecular complexity index is 572. The molecule has 1 aliphatic heterocycles. The fourth-order valence-electron chi connectivity index (χ4n) is 1.59. The van der Waals surface area contributed by atoms with Gasteiger partial charge in [-0.1, -0.05) is 11.8 Å². The minimum atomic E-state index is -0.120.